The molecule has 132 valence electrons. The molecule has 0 saturated carbocycles. The second kappa shape index (κ2) is 9.73. The van der Waals surface area contributed by atoms with Gasteiger partial charge in [0.15, 0.2) is 0 Å². The Kier molecular flexibility index (Phi) is 7.34. The van der Waals surface area contributed by atoms with E-state index >= 15 is 0 Å². The summed E-state index contributed by atoms with van der Waals surface area (Å²) < 4.78 is 12.4. The molecule has 2 aromatic carbocycles. The molecule has 0 atom stereocenters. The Labute approximate surface area is 152 Å². The zero-order valence-electron chi connectivity index (χ0n) is 13.8. The van der Waals surface area contributed by atoms with E-state index in [1.165, 1.54) is 0 Å². The van der Waals surface area contributed by atoms with Gasteiger partial charge in [-0.05, 0) is 40.3 Å². The first-order chi connectivity index (χ1) is 11.9. The lowest BCUT2D eigenvalue weighted by Crippen LogP contribution is -2.18. The fourth-order valence-electron chi connectivity index (χ4n) is 2.21. The van der Waals surface area contributed by atoms with Crippen molar-refractivity contribution in [1.82, 2.24) is 25.5 Å². The van der Waals surface area contributed by atoms with Crippen LogP contribution in [-0.2, 0) is 11.3 Å². The minimum absolute atomic E-state index is 0. The first kappa shape index (κ1) is 18.9. The van der Waals surface area contributed by atoms with Crippen molar-refractivity contribution in [3.8, 4) is 17.4 Å². The van der Waals surface area contributed by atoms with E-state index in [0.29, 0.717) is 18.4 Å². The van der Waals surface area contributed by atoms with Gasteiger partial charge in [0.05, 0.1) is 12.3 Å². The quantitative estimate of drug-likeness (QED) is 0.622. The normalized spacial score (nSPS) is 10.3. The molecule has 0 amide bonds. The molecular weight excluding hydrogens is 342 g/mol. The third-order valence-corrected chi connectivity index (χ3v) is 3.36. The molecule has 0 bridgehead atoms. The van der Waals surface area contributed by atoms with Gasteiger partial charge in [-0.2, -0.15) is 4.68 Å². The van der Waals surface area contributed by atoms with Crippen molar-refractivity contribution in [3.05, 3.63) is 60.2 Å². The second-order valence-electron chi connectivity index (χ2n) is 5.13. The summed E-state index contributed by atoms with van der Waals surface area (Å²) in [6.45, 7) is 2.22. The van der Waals surface area contributed by atoms with Crippen molar-refractivity contribution >= 4 is 12.4 Å². The largest absolute Gasteiger partial charge is 0.423 e. The zero-order valence-corrected chi connectivity index (χ0v) is 14.6. The molecule has 0 spiro atoms. The highest BCUT2D eigenvalue weighted by Gasteiger charge is 2.10. The van der Waals surface area contributed by atoms with Gasteiger partial charge in [0.25, 0.3) is 0 Å². The zero-order chi connectivity index (χ0) is 16.6. The maximum Gasteiger partial charge on any atom is 0.345 e. The summed E-state index contributed by atoms with van der Waals surface area (Å²) in [6.07, 6.45) is 0. The van der Waals surface area contributed by atoms with E-state index in [-0.39, 0.29) is 12.4 Å². The van der Waals surface area contributed by atoms with Gasteiger partial charge in [-0.25, -0.2) is 0 Å². The maximum atomic E-state index is 5.85. The van der Waals surface area contributed by atoms with Crippen LogP contribution >= 0.6 is 12.4 Å². The number of rotatable bonds is 8. The number of hydrogen-bond donors (Lipinski definition) is 1. The fraction of sp³-hybridized carbons (Fsp3) is 0.235. The van der Waals surface area contributed by atoms with Crippen LogP contribution in [0.3, 0.4) is 0 Å². The van der Waals surface area contributed by atoms with Gasteiger partial charge in [-0.3, -0.25) is 0 Å². The van der Waals surface area contributed by atoms with Crippen LogP contribution in [0.5, 0.6) is 11.8 Å². The Bertz CT molecular complexity index is 766. The van der Waals surface area contributed by atoms with Crippen molar-refractivity contribution in [2.75, 3.05) is 20.3 Å². The molecule has 1 N–H and O–H groups in total. The number of benzene rings is 2. The topological polar surface area (TPSA) is 74.1 Å². The van der Waals surface area contributed by atoms with Crippen LogP contribution < -0.4 is 10.1 Å². The first-order valence-electron chi connectivity index (χ1n) is 7.67. The molecule has 0 aliphatic heterocycles. The van der Waals surface area contributed by atoms with Gasteiger partial charge in [0.1, 0.15) is 5.75 Å². The van der Waals surface area contributed by atoms with E-state index < -0.39 is 0 Å². The number of hydrogen-bond acceptors (Lipinski definition) is 6. The number of nitrogens with zero attached hydrogens (tertiary/aromatic N) is 4. The Hall–Kier alpha value is -2.48. The number of tetrazole rings is 1. The summed E-state index contributed by atoms with van der Waals surface area (Å²) in [5.41, 5.74) is 1.96. The van der Waals surface area contributed by atoms with Gasteiger partial charge in [-0.1, -0.05) is 35.4 Å². The van der Waals surface area contributed by atoms with Crippen molar-refractivity contribution in [2.24, 2.45) is 0 Å². The third-order valence-electron chi connectivity index (χ3n) is 3.36. The highest BCUT2D eigenvalue weighted by atomic mass is 35.5. The molecule has 3 aromatic rings. The number of nitrogens with one attached hydrogen (secondary N) is 1. The van der Waals surface area contributed by atoms with Gasteiger partial charge < -0.3 is 14.8 Å². The van der Waals surface area contributed by atoms with E-state index in [1.807, 2.05) is 54.6 Å². The van der Waals surface area contributed by atoms with Crippen LogP contribution in [0.1, 0.15) is 5.56 Å². The predicted octanol–water partition coefficient (Wildman–Crippen LogP) is 2.61. The van der Waals surface area contributed by atoms with Gasteiger partial charge in [0.2, 0.25) is 0 Å². The van der Waals surface area contributed by atoms with Crippen LogP contribution in [-0.4, -0.2) is 40.5 Å². The molecule has 3 rings (SSSR count). The lowest BCUT2D eigenvalue weighted by atomic mass is 10.2. The molecule has 0 saturated heterocycles. The van der Waals surface area contributed by atoms with Gasteiger partial charge in [-0.15, -0.1) is 12.4 Å². The molecule has 8 heteroatoms. The van der Waals surface area contributed by atoms with Crippen LogP contribution in [0.2, 0.25) is 0 Å². The molecule has 25 heavy (non-hydrogen) atoms. The third kappa shape index (κ3) is 5.25. The molecule has 0 aliphatic rings. The lowest BCUT2D eigenvalue weighted by molar-refractivity contribution is 0.199. The molecular formula is C17H20ClN5O2. The molecule has 7 nitrogen and oxygen atoms in total. The van der Waals surface area contributed by atoms with Crippen LogP contribution in [0.25, 0.3) is 5.69 Å². The standard InChI is InChI=1S/C17H19N5O2.ClH/c1-23-11-10-18-13-14-6-5-9-16(12-14)24-17-19-20-21-22(17)15-7-3-2-4-8-15;/h2-9,12,18H,10-11,13H2,1H3;1H. The minimum Gasteiger partial charge on any atom is -0.423 e. The molecule has 1 aromatic heterocycles. The molecule has 1 heterocycles. The Morgan fingerprint density at radius 2 is 1.92 bits per heavy atom. The van der Waals surface area contributed by atoms with E-state index in [1.54, 1.807) is 11.8 Å². The summed E-state index contributed by atoms with van der Waals surface area (Å²) in [7, 11) is 1.69. The second-order valence-corrected chi connectivity index (χ2v) is 5.13. The highest BCUT2D eigenvalue weighted by molar-refractivity contribution is 5.85. The number of para-hydroxylation sites is 1. The van der Waals surface area contributed by atoms with Crippen LogP contribution in [0.4, 0.5) is 0 Å². The van der Waals surface area contributed by atoms with Crippen LogP contribution in [0.15, 0.2) is 54.6 Å². The van der Waals surface area contributed by atoms with Crippen LogP contribution in [0, 0.1) is 0 Å². The molecule has 0 fully saturated rings. The molecule has 0 aliphatic carbocycles. The van der Waals surface area contributed by atoms with Crippen molar-refractivity contribution in [2.45, 2.75) is 6.54 Å². The lowest BCUT2D eigenvalue weighted by Gasteiger charge is -2.08. The number of halogens is 1. The Morgan fingerprint density at radius 1 is 1.08 bits per heavy atom. The monoisotopic (exact) mass is 361 g/mol. The van der Waals surface area contributed by atoms with Gasteiger partial charge in [0, 0.05) is 20.2 Å². The number of ether oxygens (including phenoxy) is 2. The Balaban J connectivity index is 0.00000225. The minimum atomic E-state index is 0. The SMILES string of the molecule is COCCNCc1cccc(Oc2nnnn2-c2ccccc2)c1.Cl. The van der Waals surface area contributed by atoms with E-state index in [4.69, 9.17) is 9.47 Å². The summed E-state index contributed by atoms with van der Waals surface area (Å²) in [5, 5.41) is 14.9. The van der Waals surface area contributed by atoms with Crippen molar-refractivity contribution in [3.63, 3.8) is 0 Å². The summed E-state index contributed by atoms with van der Waals surface area (Å²) in [4.78, 5) is 0. The first-order valence-corrected chi connectivity index (χ1v) is 7.67. The van der Waals surface area contributed by atoms with E-state index in [9.17, 15) is 0 Å². The van der Waals surface area contributed by atoms with Crippen molar-refractivity contribution < 1.29 is 9.47 Å². The average Bonchev–Trinajstić information content (AvgIpc) is 3.08. The highest BCUT2D eigenvalue weighted by Crippen LogP contribution is 2.21. The fourth-order valence-corrected chi connectivity index (χ4v) is 2.21. The van der Waals surface area contributed by atoms with E-state index in [0.717, 1.165) is 24.3 Å². The number of methoxy groups -OCH3 is 1. The molecule has 0 radical (unpaired) electrons. The summed E-state index contributed by atoms with van der Waals surface area (Å²) in [6, 6.07) is 17.8. The Morgan fingerprint density at radius 3 is 2.72 bits per heavy atom. The molecule has 0 unspecified atom stereocenters. The van der Waals surface area contributed by atoms with Gasteiger partial charge >= 0.3 is 6.01 Å². The average molecular weight is 362 g/mol. The predicted molar refractivity (Wildman–Crippen MR) is 96.5 cm³/mol. The van der Waals surface area contributed by atoms with Crippen molar-refractivity contribution in [1.29, 1.82) is 0 Å². The van der Waals surface area contributed by atoms with E-state index in [2.05, 4.69) is 20.8 Å². The smallest absolute Gasteiger partial charge is 0.345 e. The number of aromatic nitrogens is 4. The summed E-state index contributed by atoms with van der Waals surface area (Å²) in [5.74, 6) is 0.688. The maximum absolute atomic E-state index is 5.85. The summed E-state index contributed by atoms with van der Waals surface area (Å²) >= 11 is 0.